The van der Waals surface area contributed by atoms with Crippen molar-refractivity contribution in [2.24, 2.45) is 0 Å². The Morgan fingerprint density at radius 1 is 1.21 bits per heavy atom. The normalized spacial score (nSPS) is 10.9. The summed E-state index contributed by atoms with van der Waals surface area (Å²) in [4.78, 5) is 24.4. The molecule has 80 valence electrons. The molecule has 0 radical (unpaired) electrons. The highest BCUT2D eigenvalue weighted by Gasteiger charge is 2.31. The van der Waals surface area contributed by atoms with Crippen molar-refractivity contribution in [3.8, 4) is 0 Å². The third-order valence-electron chi connectivity index (χ3n) is 2.18. The van der Waals surface area contributed by atoms with Crippen molar-refractivity contribution in [1.82, 2.24) is 4.90 Å². The molecular weight excluding hydrogens is 178 g/mol. The van der Waals surface area contributed by atoms with Crippen LogP contribution in [0.15, 0.2) is 12.7 Å². The number of imide groups is 1. The third kappa shape index (κ3) is 2.69. The SMILES string of the molecule is C=CC(C)(C)N(C(=O)CC)C(=O)CC. The van der Waals surface area contributed by atoms with Gasteiger partial charge in [-0.25, -0.2) is 0 Å². The van der Waals surface area contributed by atoms with Crippen molar-refractivity contribution < 1.29 is 9.59 Å². The molecule has 0 atom stereocenters. The summed E-state index contributed by atoms with van der Waals surface area (Å²) in [5, 5.41) is 0. The van der Waals surface area contributed by atoms with Crippen LogP contribution in [0, 0.1) is 0 Å². The second-order valence-electron chi connectivity index (χ2n) is 3.69. The number of rotatable bonds is 4. The summed E-state index contributed by atoms with van der Waals surface area (Å²) in [5.41, 5.74) is -0.597. The van der Waals surface area contributed by atoms with Gasteiger partial charge in [-0.05, 0) is 13.8 Å². The average Bonchev–Trinajstić information content (AvgIpc) is 2.17. The lowest BCUT2D eigenvalue weighted by Crippen LogP contribution is -2.49. The molecule has 0 fully saturated rings. The summed E-state index contributed by atoms with van der Waals surface area (Å²) in [5.74, 6) is -0.302. The van der Waals surface area contributed by atoms with E-state index < -0.39 is 5.54 Å². The molecule has 0 N–H and O–H groups in total. The van der Waals surface area contributed by atoms with Gasteiger partial charge in [-0.1, -0.05) is 19.9 Å². The third-order valence-corrected chi connectivity index (χ3v) is 2.18. The molecule has 2 amide bonds. The lowest BCUT2D eigenvalue weighted by Gasteiger charge is -2.34. The van der Waals surface area contributed by atoms with Crippen LogP contribution in [0.2, 0.25) is 0 Å². The van der Waals surface area contributed by atoms with Gasteiger partial charge in [-0.3, -0.25) is 14.5 Å². The molecule has 3 nitrogen and oxygen atoms in total. The van der Waals surface area contributed by atoms with Gasteiger partial charge in [0.2, 0.25) is 11.8 Å². The van der Waals surface area contributed by atoms with Crippen molar-refractivity contribution in [1.29, 1.82) is 0 Å². The molecule has 0 unspecified atom stereocenters. The first kappa shape index (κ1) is 12.9. The fraction of sp³-hybridized carbons (Fsp3) is 0.636. The van der Waals surface area contributed by atoms with Gasteiger partial charge in [0.05, 0.1) is 5.54 Å². The Morgan fingerprint density at radius 2 is 1.57 bits per heavy atom. The minimum atomic E-state index is -0.597. The molecule has 0 aliphatic heterocycles. The minimum absolute atomic E-state index is 0.151. The fourth-order valence-corrected chi connectivity index (χ4v) is 1.19. The maximum absolute atomic E-state index is 11.6. The maximum atomic E-state index is 11.6. The summed E-state index contributed by atoms with van der Waals surface area (Å²) in [7, 11) is 0. The van der Waals surface area contributed by atoms with E-state index in [0.29, 0.717) is 12.8 Å². The van der Waals surface area contributed by atoms with E-state index in [9.17, 15) is 9.59 Å². The van der Waals surface area contributed by atoms with Gasteiger partial charge in [0.1, 0.15) is 0 Å². The quantitative estimate of drug-likeness (QED) is 0.647. The second-order valence-corrected chi connectivity index (χ2v) is 3.69. The molecular formula is C11H19NO2. The Bertz CT molecular complexity index is 228. The zero-order valence-electron chi connectivity index (χ0n) is 9.46. The van der Waals surface area contributed by atoms with E-state index in [1.54, 1.807) is 33.8 Å². The van der Waals surface area contributed by atoms with Crippen molar-refractivity contribution in [2.75, 3.05) is 0 Å². The van der Waals surface area contributed by atoms with Crippen LogP contribution in [0.3, 0.4) is 0 Å². The topological polar surface area (TPSA) is 37.4 Å². The van der Waals surface area contributed by atoms with E-state index in [-0.39, 0.29) is 11.8 Å². The number of carbonyl (C=O) groups is 2. The molecule has 0 heterocycles. The molecule has 0 rings (SSSR count). The molecule has 0 aliphatic carbocycles. The van der Waals surface area contributed by atoms with Gasteiger partial charge < -0.3 is 0 Å². The molecule has 0 saturated carbocycles. The predicted molar refractivity (Wildman–Crippen MR) is 56.7 cm³/mol. The van der Waals surface area contributed by atoms with Crippen LogP contribution in [0.4, 0.5) is 0 Å². The highest BCUT2D eigenvalue weighted by atomic mass is 16.2. The second kappa shape index (κ2) is 4.94. The van der Waals surface area contributed by atoms with Crippen LogP contribution >= 0.6 is 0 Å². The molecule has 0 aromatic carbocycles. The van der Waals surface area contributed by atoms with Crippen molar-refractivity contribution in [3.05, 3.63) is 12.7 Å². The van der Waals surface area contributed by atoms with Gasteiger partial charge in [-0.15, -0.1) is 6.58 Å². The molecule has 3 heteroatoms. The number of nitrogens with zero attached hydrogens (tertiary/aromatic N) is 1. The molecule has 0 bridgehead atoms. The number of carbonyl (C=O) groups excluding carboxylic acids is 2. The van der Waals surface area contributed by atoms with Crippen molar-refractivity contribution in [2.45, 2.75) is 46.1 Å². The lowest BCUT2D eigenvalue weighted by atomic mass is 10.0. The number of amides is 2. The highest BCUT2D eigenvalue weighted by Crippen LogP contribution is 2.18. The number of hydrogen-bond acceptors (Lipinski definition) is 2. The van der Waals surface area contributed by atoms with Gasteiger partial charge >= 0.3 is 0 Å². The summed E-state index contributed by atoms with van der Waals surface area (Å²) in [6.45, 7) is 10.7. The summed E-state index contributed by atoms with van der Waals surface area (Å²) in [6.07, 6.45) is 2.29. The van der Waals surface area contributed by atoms with Crippen LogP contribution in [0.5, 0.6) is 0 Å². The van der Waals surface area contributed by atoms with Gasteiger partial charge in [0, 0.05) is 12.8 Å². The summed E-state index contributed by atoms with van der Waals surface area (Å²) >= 11 is 0. The lowest BCUT2D eigenvalue weighted by molar-refractivity contribution is -0.149. The van der Waals surface area contributed by atoms with E-state index in [4.69, 9.17) is 0 Å². The highest BCUT2D eigenvalue weighted by molar-refractivity contribution is 5.96. The predicted octanol–water partition coefficient (Wildman–Crippen LogP) is 2.13. The van der Waals surface area contributed by atoms with Crippen molar-refractivity contribution >= 4 is 11.8 Å². The van der Waals surface area contributed by atoms with Crippen LogP contribution in [0.1, 0.15) is 40.5 Å². The Kier molecular flexibility index (Phi) is 4.54. The summed E-state index contributed by atoms with van der Waals surface area (Å²) in [6, 6.07) is 0. The maximum Gasteiger partial charge on any atom is 0.229 e. The standard InChI is InChI=1S/C11H19NO2/c1-6-9(13)12(10(14)7-2)11(4,5)8-3/h8H,3,6-7H2,1-2,4-5H3. The Morgan fingerprint density at radius 3 is 1.79 bits per heavy atom. The molecule has 0 spiro atoms. The first-order chi connectivity index (χ1) is 6.40. The summed E-state index contributed by atoms with van der Waals surface area (Å²) < 4.78 is 0. The van der Waals surface area contributed by atoms with Crippen molar-refractivity contribution in [3.63, 3.8) is 0 Å². The molecule has 0 saturated heterocycles. The first-order valence-corrected chi connectivity index (χ1v) is 4.90. The number of hydrogen-bond donors (Lipinski definition) is 0. The largest absolute Gasteiger partial charge is 0.274 e. The molecule has 14 heavy (non-hydrogen) atoms. The fourth-order valence-electron chi connectivity index (χ4n) is 1.19. The smallest absolute Gasteiger partial charge is 0.229 e. The van der Waals surface area contributed by atoms with Crippen LogP contribution in [0.25, 0.3) is 0 Å². The van der Waals surface area contributed by atoms with Crippen LogP contribution < -0.4 is 0 Å². The van der Waals surface area contributed by atoms with E-state index >= 15 is 0 Å². The Labute approximate surface area is 85.8 Å². The molecule has 0 aromatic rings. The zero-order chi connectivity index (χ0) is 11.4. The van der Waals surface area contributed by atoms with Crippen LogP contribution in [-0.2, 0) is 9.59 Å². The van der Waals surface area contributed by atoms with E-state index in [2.05, 4.69) is 6.58 Å². The average molecular weight is 197 g/mol. The molecule has 0 aromatic heterocycles. The van der Waals surface area contributed by atoms with Crippen LogP contribution in [-0.4, -0.2) is 22.3 Å². The Hall–Kier alpha value is -1.12. The first-order valence-electron chi connectivity index (χ1n) is 4.90. The van der Waals surface area contributed by atoms with E-state index in [1.165, 1.54) is 4.90 Å². The Balaban J connectivity index is 5.00. The molecule has 0 aliphatic rings. The van der Waals surface area contributed by atoms with E-state index in [1.807, 2.05) is 0 Å². The zero-order valence-corrected chi connectivity index (χ0v) is 9.46. The van der Waals surface area contributed by atoms with E-state index in [0.717, 1.165) is 0 Å². The minimum Gasteiger partial charge on any atom is -0.274 e. The monoisotopic (exact) mass is 197 g/mol. The van der Waals surface area contributed by atoms with Gasteiger partial charge in [0.15, 0.2) is 0 Å². The van der Waals surface area contributed by atoms with Gasteiger partial charge in [0.25, 0.3) is 0 Å². The van der Waals surface area contributed by atoms with Gasteiger partial charge in [-0.2, -0.15) is 0 Å².